The number of esters is 1. The van der Waals surface area contributed by atoms with Gasteiger partial charge in [0.2, 0.25) is 0 Å². The zero-order chi connectivity index (χ0) is 15.1. The standard InChI is InChI=1S/C17H18O4/c1-19-15-9-7-13(8-10-15)12-21-16-6-4-3-5-14(16)11-17(18)20-2/h3-10H,11-12H2,1-2H3. The predicted octanol–water partition coefficient (Wildman–Crippen LogP) is 2.99. The second-order valence-corrected chi connectivity index (χ2v) is 4.50. The van der Waals surface area contributed by atoms with Crippen molar-refractivity contribution in [1.29, 1.82) is 0 Å². The number of methoxy groups -OCH3 is 2. The summed E-state index contributed by atoms with van der Waals surface area (Å²) < 4.78 is 15.6. The lowest BCUT2D eigenvalue weighted by Crippen LogP contribution is -2.06. The lowest BCUT2D eigenvalue weighted by Gasteiger charge is -2.11. The van der Waals surface area contributed by atoms with E-state index in [1.807, 2.05) is 48.5 Å². The highest BCUT2D eigenvalue weighted by atomic mass is 16.5. The van der Waals surface area contributed by atoms with E-state index in [9.17, 15) is 4.79 Å². The van der Waals surface area contributed by atoms with Gasteiger partial charge in [0.05, 0.1) is 20.6 Å². The molecule has 0 amide bonds. The van der Waals surface area contributed by atoms with Crippen LogP contribution in [0.4, 0.5) is 0 Å². The Labute approximate surface area is 124 Å². The van der Waals surface area contributed by atoms with Crippen LogP contribution in [0.3, 0.4) is 0 Å². The summed E-state index contributed by atoms with van der Waals surface area (Å²) in [7, 11) is 3.01. The van der Waals surface area contributed by atoms with E-state index in [0.717, 1.165) is 16.9 Å². The molecule has 2 rings (SSSR count). The van der Waals surface area contributed by atoms with Crippen molar-refractivity contribution in [2.45, 2.75) is 13.0 Å². The number of rotatable bonds is 6. The molecule has 21 heavy (non-hydrogen) atoms. The summed E-state index contributed by atoms with van der Waals surface area (Å²) >= 11 is 0. The first-order chi connectivity index (χ1) is 10.2. The van der Waals surface area contributed by atoms with E-state index >= 15 is 0 Å². The molecular weight excluding hydrogens is 268 g/mol. The second-order valence-electron chi connectivity index (χ2n) is 4.50. The van der Waals surface area contributed by atoms with Gasteiger partial charge in [-0.15, -0.1) is 0 Å². The minimum absolute atomic E-state index is 0.204. The van der Waals surface area contributed by atoms with Gasteiger partial charge in [0.15, 0.2) is 0 Å². The number of benzene rings is 2. The van der Waals surface area contributed by atoms with Gasteiger partial charge in [0, 0.05) is 5.56 Å². The Kier molecular flexibility index (Phi) is 5.21. The average Bonchev–Trinajstić information content (AvgIpc) is 2.54. The van der Waals surface area contributed by atoms with Crippen LogP contribution in [-0.2, 0) is 22.6 Å². The molecule has 0 aromatic heterocycles. The van der Waals surface area contributed by atoms with E-state index in [2.05, 4.69) is 4.74 Å². The van der Waals surface area contributed by atoms with Gasteiger partial charge in [0.1, 0.15) is 18.1 Å². The average molecular weight is 286 g/mol. The van der Waals surface area contributed by atoms with E-state index < -0.39 is 0 Å². The summed E-state index contributed by atoms with van der Waals surface area (Å²) in [4.78, 5) is 11.4. The molecule has 110 valence electrons. The van der Waals surface area contributed by atoms with Gasteiger partial charge in [-0.1, -0.05) is 30.3 Å². The number of hydrogen-bond acceptors (Lipinski definition) is 4. The maximum absolute atomic E-state index is 11.4. The molecule has 0 heterocycles. The maximum atomic E-state index is 11.4. The summed E-state index contributed by atoms with van der Waals surface area (Å²) in [6.45, 7) is 0.433. The van der Waals surface area contributed by atoms with Crippen molar-refractivity contribution in [3.8, 4) is 11.5 Å². The molecule has 0 spiro atoms. The molecule has 0 unspecified atom stereocenters. The molecule has 0 atom stereocenters. The van der Waals surface area contributed by atoms with E-state index in [1.165, 1.54) is 7.11 Å². The Hall–Kier alpha value is -2.49. The van der Waals surface area contributed by atoms with Crippen LogP contribution < -0.4 is 9.47 Å². The van der Waals surface area contributed by atoms with Crippen LogP contribution in [0.2, 0.25) is 0 Å². The van der Waals surface area contributed by atoms with Gasteiger partial charge < -0.3 is 14.2 Å². The largest absolute Gasteiger partial charge is 0.497 e. The van der Waals surface area contributed by atoms with Crippen LogP contribution in [-0.4, -0.2) is 20.2 Å². The monoisotopic (exact) mass is 286 g/mol. The van der Waals surface area contributed by atoms with Crippen LogP contribution in [0.25, 0.3) is 0 Å². The summed E-state index contributed by atoms with van der Waals surface area (Å²) in [6, 6.07) is 15.1. The highest BCUT2D eigenvalue weighted by Gasteiger charge is 2.08. The molecule has 4 nitrogen and oxygen atoms in total. The van der Waals surface area contributed by atoms with Gasteiger partial charge in [0.25, 0.3) is 0 Å². The number of hydrogen-bond donors (Lipinski definition) is 0. The topological polar surface area (TPSA) is 44.8 Å². The number of para-hydroxylation sites is 1. The van der Waals surface area contributed by atoms with Crippen molar-refractivity contribution in [3.63, 3.8) is 0 Å². The smallest absolute Gasteiger partial charge is 0.310 e. The first-order valence-electron chi connectivity index (χ1n) is 6.63. The van der Waals surface area contributed by atoms with Crippen LogP contribution in [0, 0.1) is 0 Å². The maximum Gasteiger partial charge on any atom is 0.310 e. The van der Waals surface area contributed by atoms with E-state index in [1.54, 1.807) is 7.11 Å². The third-order valence-electron chi connectivity index (χ3n) is 3.09. The Morgan fingerprint density at radius 3 is 2.38 bits per heavy atom. The van der Waals surface area contributed by atoms with Crippen molar-refractivity contribution in [2.75, 3.05) is 14.2 Å². The van der Waals surface area contributed by atoms with Crippen LogP contribution in [0.15, 0.2) is 48.5 Å². The van der Waals surface area contributed by atoms with Crippen LogP contribution >= 0.6 is 0 Å². The summed E-state index contributed by atoms with van der Waals surface area (Å²) in [5.41, 5.74) is 1.85. The highest BCUT2D eigenvalue weighted by molar-refractivity contribution is 5.73. The predicted molar refractivity (Wildman–Crippen MR) is 79.5 cm³/mol. The van der Waals surface area contributed by atoms with Gasteiger partial charge in [-0.3, -0.25) is 4.79 Å². The molecule has 0 bridgehead atoms. The molecular formula is C17H18O4. The fraction of sp³-hybridized carbons (Fsp3) is 0.235. The molecule has 4 heteroatoms. The quantitative estimate of drug-likeness (QED) is 0.766. The third kappa shape index (κ3) is 4.24. The van der Waals surface area contributed by atoms with E-state index in [0.29, 0.717) is 12.4 Å². The van der Waals surface area contributed by atoms with Crippen molar-refractivity contribution in [1.82, 2.24) is 0 Å². The molecule has 0 saturated carbocycles. The second kappa shape index (κ2) is 7.33. The minimum atomic E-state index is -0.282. The fourth-order valence-electron chi connectivity index (χ4n) is 1.90. The number of ether oxygens (including phenoxy) is 3. The van der Waals surface area contributed by atoms with Crippen LogP contribution in [0.5, 0.6) is 11.5 Å². The normalized spacial score (nSPS) is 10.0. The van der Waals surface area contributed by atoms with Crippen LogP contribution in [0.1, 0.15) is 11.1 Å². The zero-order valence-electron chi connectivity index (χ0n) is 12.2. The minimum Gasteiger partial charge on any atom is -0.497 e. The Morgan fingerprint density at radius 2 is 1.71 bits per heavy atom. The third-order valence-corrected chi connectivity index (χ3v) is 3.09. The van der Waals surface area contributed by atoms with Gasteiger partial charge in [-0.05, 0) is 23.8 Å². The van der Waals surface area contributed by atoms with Crippen molar-refractivity contribution in [3.05, 3.63) is 59.7 Å². The SMILES string of the molecule is COC(=O)Cc1ccccc1OCc1ccc(OC)cc1. The Bertz CT molecular complexity index is 590. The fourth-order valence-corrected chi connectivity index (χ4v) is 1.90. The van der Waals surface area contributed by atoms with Crippen molar-refractivity contribution < 1.29 is 19.0 Å². The molecule has 0 radical (unpaired) electrons. The van der Waals surface area contributed by atoms with Gasteiger partial charge in [-0.25, -0.2) is 0 Å². The number of carbonyl (C=O) groups excluding carboxylic acids is 1. The van der Waals surface area contributed by atoms with Gasteiger partial charge in [-0.2, -0.15) is 0 Å². The van der Waals surface area contributed by atoms with E-state index in [-0.39, 0.29) is 12.4 Å². The lowest BCUT2D eigenvalue weighted by atomic mass is 10.1. The lowest BCUT2D eigenvalue weighted by molar-refractivity contribution is -0.139. The zero-order valence-corrected chi connectivity index (χ0v) is 12.2. The molecule has 0 N–H and O–H groups in total. The molecule has 0 aliphatic carbocycles. The Morgan fingerprint density at radius 1 is 1.00 bits per heavy atom. The molecule has 0 aliphatic heterocycles. The molecule has 0 saturated heterocycles. The van der Waals surface area contributed by atoms with Crippen molar-refractivity contribution >= 4 is 5.97 Å². The molecule has 0 aliphatic rings. The van der Waals surface area contributed by atoms with E-state index in [4.69, 9.17) is 9.47 Å². The first kappa shape index (κ1) is 14.9. The highest BCUT2D eigenvalue weighted by Crippen LogP contribution is 2.21. The van der Waals surface area contributed by atoms with Gasteiger partial charge >= 0.3 is 5.97 Å². The number of carbonyl (C=O) groups is 1. The first-order valence-corrected chi connectivity index (χ1v) is 6.63. The molecule has 2 aromatic rings. The molecule has 0 fully saturated rings. The summed E-state index contributed by atoms with van der Waals surface area (Å²) in [5.74, 6) is 1.22. The summed E-state index contributed by atoms with van der Waals surface area (Å²) in [5, 5.41) is 0. The summed E-state index contributed by atoms with van der Waals surface area (Å²) in [6.07, 6.45) is 0.204. The Balaban J connectivity index is 2.03. The molecule has 2 aromatic carbocycles. The van der Waals surface area contributed by atoms with Crippen molar-refractivity contribution in [2.24, 2.45) is 0 Å².